The van der Waals surface area contributed by atoms with Crippen LogP contribution in [0.5, 0.6) is 0 Å². The monoisotopic (exact) mass is 344 g/mol. The number of aliphatic imine (C=N–C) groups is 1. The van der Waals surface area contributed by atoms with Gasteiger partial charge in [-0.3, -0.25) is 4.99 Å². The normalized spacial score (nSPS) is 11.2. The molecule has 0 unspecified atom stereocenters. The van der Waals surface area contributed by atoms with Crippen molar-refractivity contribution in [1.29, 1.82) is 0 Å². The minimum absolute atomic E-state index is 0.802. The number of nitrogens with zero attached hydrogens (tertiary/aromatic N) is 4. The third-order valence-corrected chi connectivity index (χ3v) is 4.17. The number of aryl methyl sites for hydroxylation is 2. The zero-order valence-corrected chi connectivity index (χ0v) is 15.6. The largest absolute Gasteiger partial charge is 0.261 e. The van der Waals surface area contributed by atoms with Crippen molar-refractivity contribution in [3.8, 4) is 17.1 Å². The van der Waals surface area contributed by atoms with Crippen LogP contribution in [0.1, 0.15) is 36.7 Å². The molecule has 0 bridgehead atoms. The molecule has 3 aromatic rings. The minimum atomic E-state index is 0.802. The van der Waals surface area contributed by atoms with Crippen molar-refractivity contribution < 1.29 is 0 Å². The Hall–Kier alpha value is -3.01. The van der Waals surface area contributed by atoms with Gasteiger partial charge in [0, 0.05) is 17.5 Å². The van der Waals surface area contributed by atoms with Crippen LogP contribution in [0.3, 0.4) is 0 Å². The standard InChI is InChI=1S/C22H24N4/c1-5-7-13-23-20-12-11-18(14-16(20)3)21-15-19(6-2)25-26(21)22-10-8-9-17(4)24-22/h6,8-15H,2,5,7H2,1,3-4H3/b23-13-. The summed E-state index contributed by atoms with van der Waals surface area (Å²) in [5.41, 5.74) is 6.00. The van der Waals surface area contributed by atoms with Crippen LogP contribution in [-0.4, -0.2) is 21.0 Å². The molecule has 132 valence electrons. The number of hydrogen-bond acceptors (Lipinski definition) is 3. The van der Waals surface area contributed by atoms with Gasteiger partial charge in [-0.1, -0.05) is 32.1 Å². The van der Waals surface area contributed by atoms with E-state index in [1.54, 1.807) is 6.08 Å². The lowest BCUT2D eigenvalue weighted by molar-refractivity contribution is 0.844. The van der Waals surface area contributed by atoms with Crippen molar-refractivity contribution in [2.75, 3.05) is 0 Å². The molecule has 0 aliphatic carbocycles. The van der Waals surface area contributed by atoms with Crippen molar-refractivity contribution in [3.05, 3.63) is 66.0 Å². The molecule has 4 nitrogen and oxygen atoms in total. The molecule has 0 fully saturated rings. The van der Waals surface area contributed by atoms with E-state index in [1.165, 1.54) is 0 Å². The van der Waals surface area contributed by atoms with Gasteiger partial charge in [0.05, 0.1) is 17.1 Å². The first-order valence-corrected chi connectivity index (χ1v) is 8.92. The molecule has 0 aliphatic heterocycles. The van der Waals surface area contributed by atoms with Crippen LogP contribution in [0.25, 0.3) is 23.2 Å². The van der Waals surface area contributed by atoms with Crippen molar-refractivity contribution in [3.63, 3.8) is 0 Å². The van der Waals surface area contributed by atoms with E-state index < -0.39 is 0 Å². The summed E-state index contributed by atoms with van der Waals surface area (Å²) >= 11 is 0. The molecule has 2 heterocycles. The molecule has 2 aromatic heterocycles. The second-order valence-electron chi connectivity index (χ2n) is 6.31. The van der Waals surface area contributed by atoms with E-state index in [9.17, 15) is 0 Å². The molecular formula is C22H24N4. The quantitative estimate of drug-likeness (QED) is 0.539. The first-order valence-electron chi connectivity index (χ1n) is 8.92. The number of rotatable bonds is 6. The first-order chi connectivity index (χ1) is 12.6. The number of aromatic nitrogens is 3. The van der Waals surface area contributed by atoms with Gasteiger partial charge in [-0.25, -0.2) is 9.67 Å². The maximum Gasteiger partial charge on any atom is 0.154 e. The molecule has 0 saturated carbocycles. The maximum atomic E-state index is 4.64. The summed E-state index contributed by atoms with van der Waals surface area (Å²) in [5.74, 6) is 0.802. The third-order valence-electron chi connectivity index (χ3n) is 4.17. The zero-order chi connectivity index (χ0) is 18.5. The van der Waals surface area contributed by atoms with Gasteiger partial charge >= 0.3 is 0 Å². The Bertz CT molecular complexity index is 951. The molecule has 1 aromatic carbocycles. The van der Waals surface area contributed by atoms with Crippen LogP contribution in [0, 0.1) is 13.8 Å². The summed E-state index contributed by atoms with van der Waals surface area (Å²) in [6.07, 6.45) is 5.84. The highest BCUT2D eigenvalue weighted by molar-refractivity contribution is 5.71. The fourth-order valence-electron chi connectivity index (χ4n) is 2.78. The molecule has 3 rings (SSSR count). The SMILES string of the molecule is C=Cc1cc(-c2ccc(/N=C\CCC)c(C)c2)n(-c2cccc(C)n2)n1. The minimum Gasteiger partial charge on any atom is -0.261 e. The van der Waals surface area contributed by atoms with Crippen LogP contribution >= 0.6 is 0 Å². The molecule has 26 heavy (non-hydrogen) atoms. The molecule has 0 amide bonds. The smallest absolute Gasteiger partial charge is 0.154 e. The lowest BCUT2D eigenvalue weighted by atomic mass is 10.1. The second-order valence-corrected chi connectivity index (χ2v) is 6.31. The van der Waals surface area contributed by atoms with Crippen molar-refractivity contribution in [2.45, 2.75) is 33.6 Å². The van der Waals surface area contributed by atoms with Gasteiger partial charge in [0.1, 0.15) is 0 Å². The highest BCUT2D eigenvalue weighted by Crippen LogP contribution is 2.28. The van der Waals surface area contributed by atoms with E-state index in [-0.39, 0.29) is 0 Å². The number of hydrogen-bond donors (Lipinski definition) is 0. The van der Waals surface area contributed by atoms with Crippen LogP contribution in [0.15, 0.2) is 54.0 Å². The van der Waals surface area contributed by atoms with E-state index >= 15 is 0 Å². The summed E-state index contributed by atoms with van der Waals surface area (Å²) in [5, 5.41) is 4.64. The number of pyridine rings is 1. The summed E-state index contributed by atoms with van der Waals surface area (Å²) < 4.78 is 1.87. The number of benzene rings is 1. The topological polar surface area (TPSA) is 43.1 Å². The molecule has 0 N–H and O–H groups in total. The summed E-state index contributed by atoms with van der Waals surface area (Å²) in [6.45, 7) is 10.1. The highest BCUT2D eigenvalue weighted by atomic mass is 15.3. The fraction of sp³-hybridized carbons (Fsp3) is 0.227. The van der Waals surface area contributed by atoms with Crippen LogP contribution in [0.2, 0.25) is 0 Å². The molecule has 4 heteroatoms. The Kier molecular flexibility index (Phi) is 5.42. The lowest BCUT2D eigenvalue weighted by Gasteiger charge is -2.09. The summed E-state index contributed by atoms with van der Waals surface area (Å²) in [7, 11) is 0. The van der Waals surface area contributed by atoms with Gasteiger partial charge in [0.25, 0.3) is 0 Å². The zero-order valence-electron chi connectivity index (χ0n) is 15.6. The van der Waals surface area contributed by atoms with E-state index in [2.05, 4.69) is 53.7 Å². The van der Waals surface area contributed by atoms with Crippen LogP contribution in [-0.2, 0) is 0 Å². The maximum absolute atomic E-state index is 4.64. The van der Waals surface area contributed by atoms with Gasteiger partial charge in [-0.15, -0.1) is 0 Å². The molecule has 0 atom stereocenters. The average Bonchev–Trinajstić information content (AvgIpc) is 3.08. The molecule has 0 saturated heterocycles. The predicted octanol–water partition coefficient (Wildman–Crippen LogP) is 5.70. The highest BCUT2D eigenvalue weighted by Gasteiger charge is 2.12. The fourth-order valence-corrected chi connectivity index (χ4v) is 2.78. The Morgan fingerprint density at radius 2 is 2.00 bits per heavy atom. The second kappa shape index (κ2) is 7.91. The van der Waals surface area contributed by atoms with Gasteiger partial charge in [0.2, 0.25) is 0 Å². The summed E-state index contributed by atoms with van der Waals surface area (Å²) in [6, 6.07) is 14.3. The van der Waals surface area contributed by atoms with E-state index in [0.29, 0.717) is 0 Å². The van der Waals surface area contributed by atoms with Crippen molar-refractivity contribution in [1.82, 2.24) is 14.8 Å². The number of unbranched alkanes of at least 4 members (excludes halogenated alkanes) is 1. The van der Waals surface area contributed by atoms with Crippen molar-refractivity contribution >= 4 is 18.0 Å². The average molecular weight is 344 g/mol. The lowest BCUT2D eigenvalue weighted by Crippen LogP contribution is -2.02. The van der Waals surface area contributed by atoms with E-state index in [1.807, 2.05) is 42.1 Å². The Morgan fingerprint density at radius 3 is 2.69 bits per heavy atom. The predicted molar refractivity (Wildman–Crippen MR) is 109 cm³/mol. The Labute approximate surface area is 154 Å². The first kappa shape index (κ1) is 17.8. The van der Waals surface area contributed by atoms with Crippen LogP contribution < -0.4 is 0 Å². The van der Waals surface area contributed by atoms with Gasteiger partial charge in [0.15, 0.2) is 5.82 Å². The van der Waals surface area contributed by atoms with Gasteiger partial charge in [-0.05, 0) is 62.2 Å². The molecule has 0 aliphatic rings. The van der Waals surface area contributed by atoms with E-state index in [0.717, 1.165) is 52.6 Å². The van der Waals surface area contributed by atoms with E-state index in [4.69, 9.17) is 0 Å². The van der Waals surface area contributed by atoms with Gasteiger partial charge < -0.3 is 0 Å². The van der Waals surface area contributed by atoms with Crippen molar-refractivity contribution in [2.24, 2.45) is 4.99 Å². The third kappa shape index (κ3) is 3.80. The Balaban J connectivity index is 2.05. The molecule has 0 spiro atoms. The molecule has 0 radical (unpaired) electrons. The molecular weight excluding hydrogens is 320 g/mol. The van der Waals surface area contributed by atoms with Crippen LogP contribution in [0.4, 0.5) is 5.69 Å². The Morgan fingerprint density at radius 1 is 1.15 bits per heavy atom. The summed E-state index contributed by atoms with van der Waals surface area (Å²) in [4.78, 5) is 9.18. The van der Waals surface area contributed by atoms with Gasteiger partial charge in [-0.2, -0.15) is 5.10 Å².